The number of rotatable bonds is 5. The maximum Gasteiger partial charge on any atom is 0.128 e. The van der Waals surface area contributed by atoms with Crippen molar-refractivity contribution >= 4 is 0 Å². The molecule has 1 aromatic rings. The minimum atomic E-state index is -0.580. The Hall–Kier alpha value is -1.48. The second kappa shape index (κ2) is 5.41. The van der Waals surface area contributed by atoms with Gasteiger partial charge in [-0.25, -0.2) is 0 Å². The Balaban J connectivity index is 3.01. The average molecular weight is 208 g/mol. The van der Waals surface area contributed by atoms with E-state index < -0.39 is 6.10 Å². The first-order valence-electron chi connectivity index (χ1n) is 4.73. The second-order valence-electron chi connectivity index (χ2n) is 3.15. The van der Waals surface area contributed by atoms with Gasteiger partial charge in [0.15, 0.2) is 0 Å². The zero-order valence-corrected chi connectivity index (χ0v) is 9.06. The number of aliphatic hydroxyl groups is 1. The first-order chi connectivity index (χ1) is 7.22. The molecule has 0 spiro atoms. The molecule has 0 radical (unpaired) electrons. The monoisotopic (exact) mass is 208 g/mol. The van der Waals surface area contributed by atoms with Gasteiger partial charge in [0.1, 0.15) is 11.5 Å². The van der Waals surface area contributed by atoms with E-state index in [9.17, 15) is 5.11 Å². The number of hydrogen-bond acceptors (Lipinski definition) is 3. The highest BCUT2D eigenvalue weighted by molar-refractivity contribution is 5.42. The Labute approximate surface area is 90.0 Å². The molecule has 0 aromatic heterocycles. The lowest BCUT2D eigenvalue weighted by molar-refractivity contribution is 0.177. The highest BCUT2D eigenvalue weighted by Gasteiger charge is 2.12. The molecule has 1 atom stereocenters. The van der Waals surface area contributed by atoms with E-state index in [1.165, 1.54) is 0 Å². The molecule has 0 amide bonds. The summed E-state index contributed by atoms with van der Waals surface area (Å²) in [7, 11) is 3.16. The first-order valence-corrected chi connectivity index (χ1v) is 4.73. The van der Waals surface area contributed by atoms with Gasteiger partial charge in [0.2, 0.25) is 0 Å². The maximum absolute atomic E-state index is 9.80. The quantitative estimate of drug-likeness (QED) is 0.755. The van der Waals surface area contributed by atoms with Crippen LogP contribution in [0, 0.1) is 0 Å². The van der Waals surface area contributed by atoms with Crippen molar-refractivity contribution in [3.8, 4) is 11.5 Å². The van der Waals surface area contributed by atoms with Crippen LogP contribution in [0.1, 0.15) is 18.1 Å². The van der Waals surface area contributed by atoms with Gasteiger partial charge in [-0.05, 0) is 18.6 Å². The molecule has 1 rings (SSSR count). The Morgan fingerprint density at radius 1 is 1.40 bits per heavy atom. The van der Waals surface area contributed by atoms with Gasteiger partial charge in [0.05, 0.1) is 20.3 Å². The van der Waals surface area contributed by atoms with Gasteiger partial charge in [-0.15, -0.1) is 6.58 Å². The Bertz CT molecular complexity index is 334. The molecule has 0 saturated heterocycles. The number of methoxy groups -OCH3 is 2. The van der Waals surface area contributed by atoms with Crippen LogP contribution < -0.4 is 9.47 Å². The van der Waals surface area contributed by atoms with E-state index in [4.69, 9.17) is 9.47 Å². The van der Waals surface area contributed by atoms with Crippen LogP contribution in [0.5, 0.6) is 11.5 Å². The Morgan fingerprint density at radius 3 is 2.67 bits per heavy atom. The van der Waals surface area contributed by atoms with Gasteiger partial charge in [-0.2, -0.15) is 0 Å². The molecule has 1 aromatic carbocycles. The fraction of sp³-hybridized carbons (Fsp3) is 0.333. The first kappa shape index (κ1) is 11.6. The summed E-state index contributed by atoms with van der Waals surface area (Å²) in [4.78, 5) is 0. The van der Waals surface area contributed by atoms with E-state index >= 15 is 0 Å². The van der Waals surface area contributed by atoms with Crippen LogP contribution >= 0.6 is 0 Å². The normalized spacial score (nSPS) is 11.9. The zero-order chi connectivity index (χ0) is 11.3. The van der Waals surface area contributed by atoms with Crippen LogP contribution in [-0.4, -0.2) is 19.3 Å². The smallest absolute Gasteiger partial charge is 0.128 e. The maximum atomic E-state index is 9.80. The summed E-state index contributed by atoms with van der Waals surface area (Å²) < 4.78 is 10.3. The van der Waals surface area contributed by atoms with Crippen molar-refractivity contribution in [2.75, 3.05) is 14.2 Å². The third-order valence-electron chi connectivity index (χ3n) is 2.19. The van der Waals surface area contributed by atoms with Crippen LogP contribution in [0.25, 0.3) is 0 Å². The summed E-state index contributed by atoms with van der Waals surface area (Å²) in [6.45, 7) is 3.59. The lowest BCUT2D eigenvalue weighted by atomic mass is 10.1. The van der Waals surface area contributed by atoms with E-state index in [2.05, 4.69) is 6.58 Å². The molecule has 15 heavy (non-hydrogen) atoms. The van der Waals surface area contributed by atoms with Gasteiger partial charge in [-0.1, -0.05) is 6.08 Å². The van der Waals surface area contributed by atoms with Crippen LogP contribution in [0.2, 0.25) is 0 Å². The predicted octanol–water partition coefficient (Wildman–Crippen LogP) is 2.31. The molecular formula is C12H16O3. The largest absolute Gasteiger partial charge is 0.497 e. The van der Waals surface area contributed by atoms with Crippen molar-refractivity contribution in [3.05, 3.63) is 36.4 Å². The van der Waals surface area contributed by atoms with Gasteiger partial charge < -0.3 is 14.6 Å². The average Bonchev–Trinajstić information content (AvgIpc) is 2.28. The highest BCUT2D eigenvalue weighted by Crippen LogP contribution is 2.30. The summed E-state index contributed by atoms with van der Waals surface area (Å²) in [5, 5.41) is 9.80. The molecule has 0 aliphatic rings. The fourth-order valence-corrected chi connectivity index (χ4v) is 1.38. The molecular weight excluding hydrogens is 192 g/mol. The van der Waals surface area contributed by atoms with Gasteiger partial charge >= 0.3 is 0 Å². The predicted molar refractivity (Wildman–Crippen MR) is 59.3 cm³/mol. The van der Waals surface area contributed by atoms with E-state index in [1.807, 2.05) is 0 Å². The second-order valence-corrected chi connectivity index (χ2v) is 3.15. The molecule has 3 heteroatoms. The Kier molecular flexibility index (Phi) is 4.18. The van der Waals surface area contributed by atoms with Crippen molar-refractivity contribution in [1.29, 1.82) is 0 Å². The van der Waals surface area contributed by atoms with E-state index in [0.29, 0.717) is 17.9 Å². The van der Waals surface area contributed by atoms with Crippen molar-refractivity contribution in [3.63, 3.8) is 0 Å². The third kappa shape index (κ3) is 2.73. The zero-order valence-electron chi connectivity index (χ0n) is 9.06. The molecule has 0 bridgehead atoms. The van der Waals surface area contributed by atoms with E-state index in [1.54, 1.807) is 38.5 Å². The summed E-state index contributed by atoms with van der Waals surface area (Å²) in [6, 6.07) is 5.34. The van der Waals surface area contributed by atoms with Crippen LogP contribution in [0.15, 0.2) is 30.9 Å². The molecule has 0 aliphatic carbocycles. The minimum Gasteiger partial charge on any atom is -0.497 e. The number of hydrogen-bond donors (Lipinski definition) is 1. The lowest BCUT2D eigenvalue weighted by Gasteiger charge is -2.14. The molecule has 1 N–H and O–H groups in total. The summed E-state index contributed by atoms with van der Waals surface area (Å²) >= 11 is 0. The molecule has 1 unspecified atom stereocenters. The molecule has 3 nitrogen and oxygen atoms in total. The van der Waals surface area contributed by atoms with Crippen molar-refractivity contribution in [2.24, 2.45) is 0 Å². The number of aliphatic hydroxyl groups excluding tert-OH is 1. The van der Waals surface area contributed by atoms with Gasteiger partial charge in [0, 0.05) is 11.6 Å². The SMILES string of the molecule is C=CCC(O)c1ccc(OC)cc1OC. The molecule has 0 heterocycles. The van der Waals surface area contributed by atoms with Crippen molar-refractivity contribution < 1.29 is 14.6 Å². The summed E-state index contributed by atoms with van der Waals surface area (Å²) in [6.07, 6.45) is 1.60. The van der Waals surface area contributed by atoms with Crippen LogP contribution in [0.3, 0.4) is 0 Å². The fourth-order valence-electron chi connectivity index (χ4n) is 1.38. The van der Waals surface area contributed by atoms with Crippen LogP contribution in [-0.2, 0) is 0 Å². The van der Waals surface area contributed by atoms with Crippen molar-refractivity contribution in [1.82, 2.24) is 0 Å². The standard InChI is InChI=1S/C12H16O3/c1-4-5-11(13)10-7-6-9(14-2)8-12(10)15-3/h4,6-8,11,13H,1,5H2,2-3H3. The van der Waals surface area contributed by atoms with Gasteiger partial charge in [0.25, 0.3) is 0 Å². The third-order valence-corrected chi connectivity index (χ3v) is 2.19. The van der Waals surface area contributed by atoms with E-state index in [0.717, 1.165) is 5.56 Å². The van der Waals surface area contributed by atoms with Crippen molar-refractivity contribution in [2.45, 2.75) is 12.5 Å². The number of ether oxygens (including phenoxy) is 2. The topological polar surface area (TPSA) is 38.7 Å². The lowest BCUT2D eigenvalue weighted by Crippen LogP contribution is -2.00. The molecule has 0 saturated carbocycles. The Morgan fingerprint density at radius 2 is 2.13 bits per heavy atom. The number of benzene rings is 1. The van der Waals surface area contributed by atoms with Crippen LogP contribution in [0.4, 0.5) is 0 Å². The van der Waals surface area contributed by atoms with Gasteiger partial charge in [-0.3, -0.25) is 0 Å². The summed E-state index contributed by atoms with van der Waals surface area (Å²) in [5.41, 5.74) is 0.748. The summed E-state index contributed by atoms with van der Waals surface area (Å²) in [5.74, 6) is 1.34. The molecule has 0 aliphatic heterocycles. The molecule has 82 valence electrons. The molecule has 0 fully saturated rings. The minimum absolute atomic E-state index is 0.503. The highest BCUT2D eigenvalue weighted by atomic mass is 16.5. The van der Waals surface area contributed by atoms with E-state index in [-0.39, 0.29) is 0 Å².